The Morgan fingerprint density at radius 1 is 1.06 bits per heavy atom. The first-order chi connectivity index (χ1) is 8.65. The summed E-state index contributed by atoms with van der Waals surface area (Å²) in [6.45, 7) is 2.01. The lowest BCUT2D eigenvalue weighted by atomic mass is 10.0. The molecule has 1 aromatic heterocycles. The summed E-state index contributed by atoms with van der Waals surface area (Å²) in [5.41, 5.74) is 9.40. The van der Waals surface area contributed by atoms with Crippen LogP contribution in [-0.4, -0.2) is 19.2 Å². The summed E-state index contributed by atoms with van der Waals surface area (Å²) in [5.74, 6) is 1.39. The van der Waals surface area contributed by atoms with E-state index < -0.39 is 0 Å². The quantitative estimate of drug-likeness (QED) is 0.901. The zero-order valence-corrected chi connectivity index (χ0v) is 10.7. The summed E-state index contributed by atoms with van der Waals surface area (Å²) in [7, 11) is 3.25. The number of pyridine rings is 1. The van der Waals surface area contributed by atoms with Gasteiger partial charge in [-0.15, -0.1) is 0 Å². The van der Waals surface area contributed by atoms with Gasteiger partial charge in [-0.05, 0) is 36.2 Å². The summed E-state index contributed by atoms with van der Waals surface area (Å²) >= 11 is 0. The molecule has 2 aromatic rings. The van der Waals surface area contributed by atoms with Gasteiger partial charge in [-0.2, -0.15) is 0 Å². The number of hydrogen-bond acceptors (Lipinski definition) is 4. The number of nitrogens with two attached hydrogens (primary N) is 1. The molecule has 0 fully saturated rings. The van der Waals surface area contributed by atoms with Crippen LogP contribution in [0.3, 0.4) is 0 Å². The van der Waals surface area contributed by atoms with Gasteiger partial charge >= 0.3 is 0 Å². The topological polar surface area (TPSA) is 57.4 Å². The van der Waals surface area contributed by atoms with Crippen molar-refractivity contribution in [1.82, 2.24) is 4.98 Å². The van der Waals surface area contributed by atoms with Crippen molar-refractivity contribution in [2.24, 2.45) is 0 Å². The Bertz CT molecular complexity index is 568. The molecular weight excluding hydrogens is 228 g/mol. The monoisotopic (exact) mass is 244 g/mol. The van der Waals surface area contributed by atoms with E-state index in [0.717, 1.165) is 22.4 Å². The third-order valence-electron chi connectivity index (χ3n) is 2.79. The maximum atomic E-state index is 5.78. The highest BCUT2D eigenvalue weighted by Crippen LogP contribution is 2.33. The Morgan fingerprint density at radius 3 is 2.44 bits per heavy atom. The van der Waals surface area contributed by atoms with Crippen molar-refractivity contribution in [2.75, 3.05) is 20.0 Å². The van der Waals surface area contributed by atoms with Crippen LogP contribution in [0.1, 0.15) is 5.56 Å². The molecule has 0 atom stereocenters. The fourth-order valence-corrected chi connectivity index (χ4v) is 1.89. The molecule has 0 radical (unpaired) electrons. The lowest BCUT2D eigenvalue weighted by molar-refractivity contribution is 0.399. The standard InChI is InChI=1S/C14H16N2O2/c1-9-6-11(17-2)4-5-12(9)13-7-10(15)8-16-14(13)18-3/h4-8H,15H2,1-3H3. The molecule has 2 N–H and O–H groups in total. The summed E-state index contributed by atoms with van der Waals surface area (Å²) in [6, 6.07) is 7.72. The zero-order valence-electron chi connectivity index (χ0n) is 10.7. The van der Waals surface area contributed by atoms with E-state index in [1.165, 1.54) is 0 Å². The van der Waals surface area contributed by atoms with Crippen LogP contribution in [0.15, 0.2) is 30.5 Å². The van der Waals surface area contributed by atoms with Crippen LogP contribution in [0.4, 0.5) is 5.69 Å². The molecule has 0 spiro atoms. The number of anilines is 1. The molecule has 4 nitrogen and oxygen atoms in total. The largest absolute Gasteiger partial charge is 0.497 e. The SMILES string of the molecule is COc1ccc(-c2cc(N)cnc2OC)c(C)c1. The van der Waals surface area contributed by atoms with E-state index in [1.54, 1.807) is 20.4 Å². The number of benzene rings is 1. The molecule has 0 saturated heterocycles. The van der Waals surface area contributed by atoms with E-state index in [1.807, 2.05) is 31.2 Å². The van der Waals surface area contributed by atoms with Gasteiger partial charge in [0.15, 0.2) is 0 Å². The van der Waals surface area contributed by atoms with Gasteiger partial charge in [0.25, 0.3) is 0 Å². The van der Waals surface area contributed by atoms with Crippen molar-refractivity contribution >= 4 is 5.69 Å². The Labute approximate surface area is 106 Å². The van der Waals surface area contributed by atoms with Gasteiger partial charge in [-0.3, -0.25) is 0 Å². The molecule has 4 heteroatoms. The molecule has 1 heterocycles. The average Bonchev–Trinajstić information content (AvgIpc) is 2.38. The highest BCUT2D eigenvalue weighted by molar-refractivity contribution is 5.74. The lowest BCUT2D eigenvalue weighted by Gasteiger charge is -2.11. The zero-order chi connectivity index (χ0) is 13.1. The number of rotatable bonds is 3. The number of aromatic nitrogens is 1. The van der Waals surface area contributed by atoms with Gasteiger partial charge < -0.3 is 15.2 Å². The Balaban J connectivity index is 2.57. The summed E-state index contributed by atoms with van der Waals surface area (Å²) in [6.07, 6.45) is 1.58. The molecule has 0 aliphatic carbocycles. The van der Waals surface area contributed by atoms with E-state index >= 15 is 0 Å². The molecular formula is C14H16N2O2. The van der Waals surface area contributed by atoms with Crippen molar-refractivity contribution in [3.8, 4) is 22.8 Å². The van der Waals surface area contributed by atoms with Crippen molar-refractivity contribution in [3.05, 3.63) is 36.0 Å². The highest BCUT2D eigenvalue weighted by atomic mass is 16.5. The third kappa shape index (κ3) is 2.22. The number of nitrogens with zero attached hydrogens (tertiary/aromatic N) is 1. The second-order valence-electron chi connectivity index (χ2n) is 4.01. The number of hydrogen-bond donors (Lipinski definition) is 1. The molecule has 0 aliphatic heterocycles. The molecule has 2 rings (SSSR count). The molecule has 0 unspecified atom stereocenters. The highest BCUT2D eigenvalue weighted by Gasteiger charge is 2.10. The van der Waals surface area contributed by atoms with Crippen LogP contribution in [-0.2, 0) is 0 Å². The molecule has 0 saturated carbocycles. The normalized spacial score (nSPS) is 10.2. The molecule has 1 aromatic carbocycles. The fourth-order valence-electron chi connectivity index (χ4n) is 1.89. The van der Waals surface area contributed by atoms with E-state index in [9.17, 15) is 0 Å². The number of methoxy groups -OCH3 is 2. The van der Waals surface area contributed by atoms with Gasteiger partial charge in [-0.1, -0.05) is 6.07 Å². The Morgan fingerprint density at radius 2 is 1.83 bits per heavy atom. The number of ether oxygens (including phenoxy) is 2. The van der Waals surface area contributed by atoms with Gasteiger partial charge in [0, 0.05) is 5.56 Å². The predicted octanol–water partition coefficient (Wildman–Crippen LogP) is 2.66. The molecule has 94 valence electrons. The van der Waals surface area contributed by atoms with Crippen molar-refractivity contribution in [2.45, 2.75) is 6.92 Å². The van der Waals surface area contributed by atoms with Gasteiger partial charge in [0.2, 0.25) is 5.88 Å². The van der Waals surface area contributed by atoms with Crippen LogP contribution >= 0.6 is 0 Å². The summed E-state index contributed by atoms with van der Waals surface area (Å²) < 4.78 is 10.5. The third-order valence-corrected chi connectivity index (χ3v) is 2.79. The first-order valence-electron chi connectivity index (χ1n) is 5.60. The van der Waals surface area contributed by atoms with Gasteiger partial charge in [-0.25, -0.2) is 4.98 Å². The van der Waals surface area contributed by atoms with Crippen LogP contribution in [0.2, 0.25) is 0 Å². The minimum absolute atomic E-state index is 0.567. The first-order valence-corrected chi connectivity index (χ1v) is 5.60. The molecule has 0 aliphatic rings. The van der Waals surface area contributed by atoms with Gasteiger partial charge in [0.05, 0.1) is 26.1 Å². The summed E-state index contributed by atoms with van der Waals surface area (Å²) in [5, 5.41) is 0. The van der Waals surface area contributed by atoms with E-state index in [2.05, 4.69) is 4.98 Å². The van der Waals surface area contributed by atoms with Crippen molar-refractivity contribution < 1.29 is 9.47 Å². The van der Waals surface area contributed by atoms with E-state index in [4.69, 9.17) is 15.2 Å². The van der Waals surface area contributed by atoms with Crippen LogP contribution in [0.5, 0.6) is 11.6 Å². The minimum atomic E-state index is 0.567. The van der Waals surface area contributed by atoms with Crippen molar-refractivity contribution in [1.29, 1.82) is 0 Å². The van der Waals surface area contributed by atoms with E-state index in [-0.39, 0.29) is 0 Å². The lowest BCUT2D eigenvalue weighted by Crippen LogP contribution is -1.96. The van der Waals surface area contributed by atoms with Crippen LogP contribution < -0.4 is 15.2 Å². The first kappa shape index (κ1) is 12.2. The Hall–Kier alpha value is -2.23. The smallest absolute Gasteiger partial charge is 0.221 e. The number of nitrogen functional groups attached to an aromatic ring is 1. The number of aryl methyl sites for hydroxylation is 1. The van der Waals surface area contributed by atoms with Gasteiger partial charge in [0.1, 0.15) is 5.75 Å². The van der Waals surface area contributed by atoms with Crippen LogP contribution in [0.25, 0.3) is 11.1 Å². The van der Waals surface area contributed by atoms with Crippen molar-refractivity contribution in [3.63, 3.8) is 0 Å². The Kier molecular flexibility index (Phi) is 3.37. The summed E-state index contributed by atoms with van der Waals surface area (Å²) in [4.78, 5) is 4.18. The van der Waals surface area contributed by atoms with E-state index in [0.29, 0.717) is 11.6 Å². The maximum Gasteiger partial charge on any atom is 0.221 e. The minimum Gasteiger partial charge on any atom is -0.497 e. The molecule has 18 heavy (non-hydrogen) atoms. The average molecular weight is 244 g/mol. The maximum absolute atomic E-state index is 5.78. The van der Waals surface area contributed by atoms with Crippen LogP contribution in [0, 0.1) is 6.92 Å². The second-order valence-corrected chi connectivity index (χ2v) is 4.01. The fraction of sp³-hybridized carbons (Fsp3) is 0.214. The molecule has 0 bridgehead atoms. The molecule has 0 amide bonds. The second kappa shape index (κ2) is 4.96. The predicted molar refractivity (Wildman–Crippen MR) is 71.9 cm³/mol.